The Kier molecular flexibility index (Phi) is 3.61. The average molecular weight is 292 g/mol. The summed E-state index contributed by atoms with van der Waals surface area (Å²) in [7, 11) is 0. The highest BCUT2D eigenvalue weighted by molar-refractivity contribution is 5.27. The van der Waals surface area contributed by atoms with Crippen molar-refractivity contribution in [3.05, 3.63) is 58.4 Å². The van der Waals surface area contributed by atoms with E-state index in [1.165, 1.54) is 54.1 Å². The van der Waals surface area contributed by atoms with Gasteiger partial charge in [-0.05, 0) is 50.2 Å². The fourth-order valence-corrected chi connectivity index (χ4v) is 4.09. The molecule has 1 fully saturated rings. The summed E-state index contributed by atoms with van der Waals surface area (Å²) in [5.74, 6) is 0.719. The molecular weight excluding hydrogens is 268 g/mol. The maximum atomic E-state index is 5.16. The van der Waals surface area contributed by atoms with Gasteiger partial charge >= 0.3 is 0 Å². The summed E-state index contributed by atoms with van der Waals surface area (Å²) in [5, 5.41) is 1.32. The molecule has 0 radical (unpaired) electrons. The second kappa shape index (κ2) is 5.75. The predicted octanol–water partition coefficient (Wildman–Crippen LogP) is 3.39. The summed E-state index contributed by atoms with van der Waals surface area (Å²) in [6, 6.07) is 13.7. The molecule has 2 heterocycles. The van der Waals surface area contributed by atoms with Crippen molar-refractivity contribution in [2.24, 2.45) is 4.99 Å². The molecule has 0 N–H and O–H groups in total. The smallest absolute Gasteiger partial charge is 0.135 e. The summed E-state index contributed by atoms with van der Waals surface area (Å²) in [6.45, 7) is 3.09. The average Bonchev–Trinajstić information content (AvgIpc) is 2.77. The minimum atomic E-state index is 0.529. The van der Waals surface area contributed by atoms with Crippen molar-refractivity contribution >= 4 is 6.08 Å². The van der Waals surface area contributed by atoms with Crippen LogP contribution in [0, 0.1) is 0 Å². The van der Waals surface area contributed by atoms with E-state index >= 15 is 0 Å². The van der Waals surface area contributed by atoms with E-state index in [0.717, 1.165) is 12.5 Å². The number of aromatic nitrogens is 1. The van der Waals surface area contributed by atoms with Gasteiger partial charge in [0, 0.05) is 17.5 Å². The van der Waals surface area contributed by atoms with E-state index in [1.54, 1.807) is 0 Å². The molecule has 2 unspecified atom stereocenters. The molecule has 1 aliphatic carbocycles. The Balaban J connectivity index is 1.91. The van der Waals surface area contributed by atoms with Crippen LogP contribution in [-0.2, 0) is 6.54 Å². The molecular formula is C20H24N2. The summed E-state index contributed by atoms with van der Waals surface area (Å²) in [6.07, 6.45) is 8.72. The Bertz CT molecular complexity index is 770. The minimum absolute atomic E-state index is 0.529. The Morgan fingerprint density at radius 2 is 2.00 bits per heavy atom. The Morgan fingerprint density at radius 1 is 1.14 bits per heavy atom. The van der Waals surface area contributed by atoms with Crippen molar-refractivity contribution in [3.63, 3.8) is 0 Å². The zero-order chi connectivity index (χ0) is 14.9. The van der Waals surface area contributed by atoms with Gasteiger partial charge in [0.25, 0.3) is 0 Å². The lowest BCUT2D eigenvalue weighted by molar-refractivity contribution is 0.507. The van der Waals surface area contributed by atoms with Gasteiger partial charge in [0.15, 0.2) is 0 Å². The predicted molar refractivity (Wildman–Crippen MR) is 90.5 cm³/mol. The normalized spacial score (nSPS) is 26.0. The maximum Gasteiger partial charge on any atom is 0.135 e. The molecule has 114 valence electrons. The van der Waals surface area contributed by atoms with Crippen LogP contribution in [0.2, 0.25) is 0 Å². The van der Waals surface area contributed by atoms with Gasteiger partial charge in [0.2, 0.25) is 0 Å². The molecule has 2 atom stereocenters. The van der Waals surface area contributed by atoms with Crippen molar-refractivity contribution in [3.8, 4) is 0 Å². The van der Waals surface area contributed by atoms with Crippen LogP contribution in [0.15, 0.2) is 41.4 Å². The van der Waals surface area contributed by atoms with E-state index in [4.69, 9.17) is 4.99 Å². The van der Waals surface area contributed by atoms with Crippen LogP contribution < -0.4 is 10.7 Å². The summed E-state index contributed by atoms with van der Waals surface area (Å²) in [5.41, 5.74) is 4.10. The Hall–Kier alpha value is -1.83. The van der Waals surface area contributed by atoms with Crippen molar-refractivity contribution < 1.29 is 0 Å². The van der Waals surface area contributed by atoms with E-state index < -0.39 is 0 Å². The quantitative estimate of drug-likeness (QED) is 0.807. The molecule has 2 nitrogen and oxygen atoms in total. The molecule has 4 bridgehead atoms. The molecule has 1 aromatic carbocycles. The summed E-state index contributed by atoms with van der Waals surface area (Å²) < 4.78 is 2.49. The number of benzene rings is 1. The zero-order valence-corrected chi connectivity index (χ0v) is 13.3. The largest absolute Gasteiger partial charge is 0.325 e. The third-order valence-corrected chi connectivity index (χ3v) is 5.28. The summed E-state index contributed by atoms with van der Waals surface area (Å²) in [4.78, 5) is 5.16. The molecule has 22 heavy (non-hydrogen) atoms. The van der Waals surface area contributed by atoms with Gasteiger partial charge in [0.05, 0.1) is 6.04 Å². The molecule has 2 aliphatic rings. The van der Waals surface area contributed by atoms with Crippen LogP contribution in [0.3, 0.4) is 0 Å². The number of nitrogens with zero attached hydrogens (tertiary/aromatic N) is 2. The van der Waals surface area contributed by atoms with Gasteiger partial charge in [-0.3, -0.25) is 4.99 Å². The number of hydrogen-bond acceptors (Lipinski definition) is 1. The topological polar surface area (TPSA) is 17.3 Å². The number of fused-ring (bicyclic) bond motifs is 6. The van der Waals surface area contributed by atoms with Crippen LogP contribution >= 0.6 is 0 Å². The van der Waals surface area contributed by atoms with E-state index in [0.29, 0.717) is 6.04 Å². The van der Waals surface area contributed by atoms with E-state index in [1.807, 2.05) is 0 Å². The zero-order valence-electron chi connectivity index (χ0n) is 13.3. The molecule has 2 aromatic rings. The second-order valence-electron chi connectivity index (χ2n) is 6.70. The minimum Gasteiger partial charge on any atom is -0.325 e. The van der Waals surface area contributed by atoms with E-state index in [-0.39, 0.29) is 0 Å². The molecule has 1 aliphatic heterocycles. The molecule has 0 saturated heterocycles. The van der Waals surface area contributed by atoms with Crippen LogP contribution in [-0.4, -0.2) is 10.6 Å². The fourth-order valence-electron chi connectivity index (χ4n) is 4.09. The van der Waals surface area contributed by atoms with E-state index in [9.17, 15) is 0 Å². The fraction of sp³-hybridized carbons (Fsp3) is 0.450. The Morgan fingerprint density at radius 3 is 2.82 bits per heavy atom. The van der Waals surface area contributed by atoms with Crippen LogP contribution in [0.25, 0.3) is 6.08 Å². The Labute approximate surface area is 132 Å². The van der Waals surface area contributed by atoms with Crippen molar-refractivity contribution in [1.82, 2.24) is 4.57 Å². The van der Waals surface area contributed by atoms with Crippen molar-refractivity contribution in [2.75, 3.05) is 0 Å². The lowest BCUT2D eigenvalue weighted by Gasteiger charge is -2.20. The van der Waals surface area contributed by atoms with Crippen molar-refractivity contribution in [1.29, 1.82) is 0 Å². The molecule has 2 heteroatoms. The van der Waals surface area contributed by atoms with Gasteiger partial charge in [-0.15, -0.1) is 0 Å². The standard InChI is InChI=1S/C20H24N2/c1-2-16-13-19-17-9-6-10-18(12-11-17)21-20(16)22(19)14-15-7-4-3-5-8-15/h2-5,7-8,13,17-18H,6,9-12,14H2,1H3/b16-2-,21-20+. The van der Waals surface area contributed by atoms with Crippen LogP contribution in [0.1, 0.15) is 56.2 Å². The maximum absolute atomic E-state index is 5.16. The van der Waals surface area contributed by atoms with Gasteiger partial charge < -0.3 is 4.57 Å². The van der Waals surface area contributed by atoms with E-state index in [2.05, 4.69) is 54.0 Å². The third kappa shape index (κ3) is 2.41. The second-order valence-corrected chi connectivity index (χ2v) is 6.70. The molecule has 0 spiro atoms. The highest BCUT2D eigenvalue weighted by Gasteiger charge is 2.25. The van der Waals surface area contributed by atoms with Gasteiger partial charge in [-0.25, -0.2) is 0 Å². The third-order valence-electron chi connectivity index (χ3n) is 5.28. The lowest BCUT2D eigenvalue weighted by Crippen LogP contribution is -2.33. The highest BCUT2D eigenvalue weighted by Crippen LogP contribution is 2.33. The number of rotatable bonds is 2. The van der Waals surface area contributed by atoms with Crippen LogP contribution in [0.4, 0.5) is 0 Å². The first-order valence-corrected chi connectivity index (χ1v) is 8.62. The van der Waals surface area contributed by atoms with Gasteiger partial charge in [0.1, 0.15) is 5.49 Å². The van der Waals surface area contributed by atoms with Gasteiger partial charge in [-0.1, -0.05) is 42.8 Å². The lowest BCUT2D eigenvalue weighted by atomic mass is 9.96. The number of hydrogen-bond donors (Lipinski definition) is 0. The first-order chi connectivity index (χ1) is 10.8. The first kappa shape index (κ1) is 13.8. The SMILES string of the molecule is C/C=c1/cc2n(Cc3ccccc3)/c1=N/C1CCCC2CC1. The molecule has 4 rings (SSSR count). The van der Waals surface area contributed by atoms with Gasteiger partial charge in [-0.2, -0.15) is 0 Å². The molecule has 1 saturated carbocycles. The monoisotopic (exact) mass is 292 g/mol. The first-order valence-electron chi connectivity index (χ1n) is 8.62. The van der Waals surface area contributed by atoms with Crippen molar-refractivity contribution in [2.45, 2.75) is 57.5 Å². The highest BCUT2D eigenvalue weighted by atomic mass is 15.1. The van der Waals surface area contributed by atoms with Crippen LogP contribution in [0.5, 0.6) is 0 Å². The molecule has 0 amide bonds. The summed E-state index contributed by atoms with van der Waals surface area (Å²) >= 11 is 0. The molecule has 1 aromatic heterocycles.